The van der Waals surface area contributed by atoms with Crippen LogP contribution in [0, 0.1) is 6.92 Å². The van der Waals surface area contributed by atoms with Gasteiger partial charge < -0.3 is 15.6 Å². The van der Waals surface area contributed by atoms with E-state index in [2.05, 4.69) is 82.3 Å². The first-order valence-electron chi connectivity index (χ1n) is 8.86. The number of anilines is 3. The molecule has 0 saturated carbocycles. The molecule has 0 radical (unpaired) electrons. The van der Waals surface area contributed by atoms with Gasteiger partial charge in [0.25, 0.3) is 0 Å². The molecule has 2 heterocycles. The maximum Gasteiger partial charge on any atom is 0.0456 e. The van der Waals surface area contributed by atoms with Crippen molar-refractivity contribution in [1.82, 2.24) is 9.97 Å². The molecule has 4 heteroatoms. The second kappa shape index (κ2) is 7.31. The molecule has 4 aromatic rings. The standard InChI is InChI=1S/C22H22N4/c1-16-14-23-12-11-21(16)26-19-8-6-18(7-9-19)24-13-10-17-15-25-22-5-3-2-4-20(17)22/h2-9,11-12,14-15,24-25H,10,13H2,1H3,(H,23,26). The molecule has 3 N–H and O–H groups in total. The highest BCUT2D eigenvalue weighted by Crippen LogP contribution is 2.21. The van der Waals surface area contributed by atoms with Crippen LogP contribution in [-0.4, -0.2) is 16.5 Å². The molecule has 0 amide bonds. The van der Waals surface area contributed by atoms with Crippen LogP contribution >= 0.6 is 0 Å². The molecular weight excluding hydrogens is 320 g/mol. The van der Waals surface area contributed by atoms with Crippen molar-refractivity contribution >= 4 is 28.0 Å². The number of rotatable bonds is 6. The SMILES string of the molecule is Cc1cnccc1Nc1ccc(NCCc2c[nH]c3ccccc23)cc1. The first-order valence-corrected chi connectivity index (χ1v) is 8.86. The van der Waals surface area contributed by atoms with Crippen molar-refractivity contribution in [3.8, 4) is 0 Å². The highest BCUT2D eigenvalue weighted by Gasteiger charge is 2.03. The number of aryl methyl sites for hydroxylation is 1. The van der Waals surface area contributed by atoms with E-state index in [4.69, 9.17) is 0 Å². The smallest absolute Gasteiger partial charge is 0.0456 e. The second-order valence-electron chi connectivity index (χ2n) is 6.43. The third kappa shape index (κ3) is 3.54. The van der Waals surface area contributed by atoms with E-state index in [9.17, 15) is 0 Å². The molecular formula is C22H22N4. The van der Waals surface area contributed by atoms with Crippen molar-refractivity contribution in [2.75, 3.05) is 17.2 Å². The minimum atomic E-state index is 0.901. The predicted octanol–water partition coefficient (Wildman–Crippen LogP) is 5.27. The fraction of sp³-hybridized carbons (Fsp3) is 0.136. The molecule has 0 spiro atoms. The summed E-state index contributed by atoms with van der Waals surface area (Å²) in [4.78, 5) is 7.45. The van der Waals surface area contributed by atoms with Crippen LogP contribution in [0.1, 0.15) is 11.1 Å². The van der Waals surface area contributed by atoms with Gasteiger partial charge in [0, 0.05) is 53.1 Å². The number of hydrogen-bond acceptors (Lipinski definition) is 3. The Morgan fingerprint density at radius 3 is 2.62 bits per heavy atom. The summed E-state index contributed by atoms with van der Waals surface area (Å²) in [5.74, 6) is 0. The fourth-order valence-electron chi connectivity index (χ4n) is 3.12. The summed E-state index contributed by atoms with van der Waals surface area (Å²) in [5.41, 5.74) is 6.96. The van der Waals surface area contributed by atoms with E-state index >= 15 is 0 Å². The number of aromatic amines is 1. The zero-order chi connectivity index (χ0) is 17.8. The van der Waals surface area contributed by atoms with Gasteiger partial charge in [-0.1, -0.05) is 18.2 Å². The van der Waals surface area contributed by atoms with Crippen LogP contribution in [0.5, 0.6) is 0 Å². The number of pyridine rings is 1. The molecule has 0 saturated heterocycles. The summed E-state index contributed by atoms with van der Waals surface area (Å²) in [5, 5.41) is 8.23. The van der Waals surface area contributed by atoms with Gasteiger partial charge in [-0.3, -0.25) is 4.98 Å². The Bertz CT molecular complexity index is 1000. The Morgan fingerprint density at radius 2 is 1.77 bits per heavy atom. The molecule has 0 aliphatic carbocycles. The quantitative estimate of drug-likeness (QED) is 0.447. The van der Waals surface area contributed by atoms with Gasteiger partial charge in [-0.15, -0.1) is 0 Å². The number of nitrogens with one attached hydrogen (secondary N) is 3. The minimum Gasteiger partial charge on any atom is -0.385 e. The summed E-state index contributed by atoms with van der Waals surface area (Å²) >= 11 is 0. The summed E-state index contributed by atoms with van der Waals surface area (Å²) in [6.07, 6.45) is 6.76. The van der Waals surface area contributed by atoms with Gasteiger partial charge in [-0.2, -0.15) is 0 Å². The first-order chi connectivity index (χ1) is 12.8. The molecule has 0 fully saturated rings. The maximum atomic E-state index is 4.12. The summed E-state index contributed by atoms with van der Waals surface area (Å²) in [7, 11) is 0. The van der Waals surface area contributed by atoms with Crippen molar-refractivity contribution in [2.24, 2.45) is 0 Å². The summed E-state index contributed by atoms with van der Waals surface area (Å²) < 4.78 is 0. The van der Waals surface area contributed by atoms with Crippen LogP contribution in [0.25, 0.3) is 10.9 Å². The summed E-state index contributed by atoms with van der Waals surface area (Å²) in [6.45, 7) is 2.95. The first kappa shape index (κ1) is 16.2. The van der Waals surface area contributed by atoms with E-state index in [1.54, 1.807) is 6.20 Å². The Labute approximate surface area is 153 Å². The molecule has 2 aromatic heterocycles. The molecule has 26 heavy (non-hydrogen) atoms. The van der Waals surface area contributed by atoms with Crippen molar-refractivity contribution in [3.05, 3.63) is 84.3 Å². The van der Waals surface area contributed by atoms with Crippen molar-refractivity contribution < 1.29 is 0 Å². The molecule has 0 bridgehead atoms. The average Bonchev–Trinajstić information content (AvgIpc) is 3.08. The lowest BCUT2D eigenvalue weighted by atomic mass is 10.1. The normalized spacial score (nSPS) is 10.8. The second-order valence-corrected chi connectivity index (χ2v) is 6.43. The van der Waals surface area contributed by atoms with E-state index in [-0.39, 0.29) is 0 Å². The van der Waals surface area contributed by atoms with E-state index in [0.29, 0.717) is 0 Å². The van der Waals surface area contributed by atoms with Crippen LogP contribution < -0.4 is 10.6 Å². The fourth-order valence-corrected chi connectivity index (χ4v) is 3.12. The molecule has 4 rings (SSSR count). The van der Waals surface area contributed by atoms with Gasteiger partial charge in [-0.05, 0) is 60.9 Å². The lowest BCUT2D eigenvalue weighted by Crippen LogP contribution is -2.04. The van der Waals surface area contributed by atoms with Crippen LogP contribution in [0.2, 0.25) is 0 Å². The number of para-hydroxylation sites is 1. The van der Waals surface area contributed by atoms with Crippen molar-refractivity contribution in [3.63, 3.8) is 0 Å². The summed E-state index contributed by atoms with van der Waals surface area (Å²) in [6, 6.07) is 18.8. The minimum absolute atomic E-state index is 0.901. The Morgan fingerprint density at radius 1 is 0.962 bits per heavy atom. The van der Waals surface area contributed by atoms with Gasteiger partial charge in [0.1, 0.15) is 0 Å². The highest BCUT2D eigenvalue weighted by atomic mass is 14.9. The van der Waals surface area contributed by atoms with Gasteiger partial charge in [-0.25, -0.2) is 0 Å². The molecule has 130 valence electrons. The molecule has 0 aliphatic heterocycles. The topological polar surface area (TPSA) is 52.7 Å². The van der Waals surface area contributed by atoms with Crippen LogP contribution in [0.4, 0.5) is 17.1 Å². The number of nitrogens with zero attached hydrogens (tertiary/aromatic N) is 1. The van der Waals surface area contributed by atoms with Gasteiger partial charge in [0.15, 0.2) is 0 Å². The number of fused-ring (bicyclic) bond motifs is 1. The number of aromatic nitrogens is 2. The molecule has 0 unspecified atom stereocenters. The van der Waals surface area contributed by atoms with Crippen LogP contribution in [0.15, 0.2) is 73.2 Å². The van der Waals surface area contributed by atoms with Crippen molar-refractivity contribution in [1.29, 1.82) is 0 Å². The van der Waals surface area contributed by atoms with E-state index in [1.165, 1.54) is 16.5 Å². The Kier molecular flexibility index (Phi) is 4.56. The van der Waals surface area contributed by atoms with Gasteiger partial charge >= 0.3 is 0 Å². The average molecular weight is 342 g/mol. The number of H-pyrrole nitrogens is 1. The van der Waals surface area contributed by atoms with E-state index < -0.39 is 0 Å². The Balaban J connectivity index is 1.35. The monoisotopic (exact) mass is 342 g/mol. The number of hydrogen-bond donors (Lipinski definition) is 3. The predicted molar refractivity (Wildman–Crippen MR) is 109 cm³/mol. The van der Waals surface area contributed by atoms with Gasteiger partial charge in [0.2, 0.25) is 0 Å². The third-order valence-electron chi connectivity index (χ3n) is 4.58. The van der Waals surface area contributed by atoms with E-state index in [1.807, 2.05) is 12.3 Å². The largest absolute Gasteiger partial charge is 0.385 e. The molecule has 0 aliphatic rings. The molecule has 2 aromatic carbocycles. The maximum absolute atomic E-state index is 4.12. The third-order valence-corrected chi connectivity index (χ3v) is 4.58. The zero-order valence-electron chi connectivity index (χ0n) is 14.8. The highest BCUT2D eigenvalue weighted by molar-refractivity contribution is 5.83. The van der Waals surface area contributed by atoms with E-state index in [0.717, 1.165) is 35.6 Å². The lowest BCUT2D eigenvalue weighted by Gasteiger charge is -2.10. The van der Waals surface area contributed by atoms with Crippen LogP contribution in [-0.2, 0) is 6.42 Å². The van der Waals surface area contributed by atoms with Crippen molar-refractivity contribution in [2.45, 2.75) is 13.3 Å². The zero-order valence-corrected chi connectivity index (χ0v) is 14.8. The van der Waals surface area contributed by atoms with Crippen LogP contribution in [0.3, 0.4) is 0 Å². The van der Waals surface area contributed by atoms with Gasteiger partial charge in [0.05, 0.1) is 0 Å². The lowest BCUT2D eigenvalue weighted by molar-refractivity contribution is 1.03. The number of benzene rings is 2. The molecule has 0 atom stereocenters. The Hall–Kier alpha value is -3.27. The molecule has 4 nitrogen and oxygen atoms in total.